The summed E-state index contributed by atoms with van der Waals surface area (Å²) in [4.78, 5) is 26.8. The second-order valence-electron chi connectivity index (χ2n) is 9.89. The molecule has 7 nitrogen and oxygen atoms in total. The van der Waals surface area contributed by atoms with Gasteiger partial charge in [0.1, 0.15) is 17.5 Å². The van der Waals surface area contributed by atoms with Gasteiger partial charge in [-0.2, -0.15) is 5.10 Å². The first kappa shape index (κ1) is 25.1. The number of benzene rings is 1. The van der Waals surface area contributed by atoms with Crippen LogP contribution >= 0.6 is 0 Å². The van der Waals surface area contributed by atoms with Gasteiger partial charge in [0, 0.05) is 39.0 Å². The zero-order valence-electron chi connectivity index (χ0n) is 21.4. The second-order valence-corrected chi connectivity index (χ2v) is 9.89. The molecule has 1 aliphatic rings. The molecule has 0 saturated carbocycles. The van der Waals surface area contributed by atoms with Crippen LogP contribution in [-0.2, 0) is 11.2 Å². The summed E-state index contributed by atoms with van der Waals surface area (Å²) in [5.74, 6) is 2.20. The number of hydrogen-bond donors (Lipinski definition) is 0. The standard InChI is InChI=1S/C27H37FN6O/c1-5-6-7-8-24(35)32-15-17-33(18-16-32)26-25-20(4)31-34(22-12-10-21(28)11-13-22)27(25)30-23(29-26)14-9-19(2)3/h10-13,19H,5-9,14-18H2,1-4H3. The molecule has 1 aromatic carbocycles. The first-order valence-electron chi connectivity index (χ1n) is 12.9. The normalized spacial score (nSPS) is 14.3. The summed E-state index contributed by atoms with van der Waals surface area (Å²) in [6.07, 6.45) is 5.59. The molecule has 1 fully saturated rings. The van der Waals surface area contributed by atoms with Crippen LogP contribution in [0.5, 0.6) is 0 Å². The van der Waals surface area contributed by atoms with Crippen molar-refractivity contribution in [1.82, 2.24) is 24.6 Å². The Labute approximate surface area is 207 Å². The molecule has 4 rings (SSSR count). The molecular weight excluding hydrogens is 443 g/mol. The summed E-state index contributed by atoms with van der Waals surface area (Å²) in [5, 5.41) is 5.69. The Hall–Kier alpha value is -3.03. The molecule has 0 atom stereocenters. The molecule has 0 radical (unpaired) electrons. The van der Waals surface area contributed by atoms with Gasteiger partial charge in [0.2, 0.25) is 5.91 Å². The summed E-state index contributed by atoms with van der Waals surface area (Å²) >= 11 is 0. The van der Waals surface area contributed by atoms with Gasteiger partial charge >= 0.3 is 0 Å². The van der Waals surface area contributed by atoms with Crippen LogP contribution in [0.1, 0.15) is 64.4 Å². The van der Waals surface area contributed by atoms with Crippen LogP contribution < -0.4 is 4.90 Å². The van der Waals surface area contributed by atoms with Crippen molar-refractivity contribution in [3.63, 3.8) is 0 Å². The molecule has 3 aromatic rings. The van der Waals surface area contributed by atoms with Crippen molar-refractivity contribution in [2.24, 2.45) is 5.92 Å². The van der Waals surface area contributed by atoms with Crippen molar-refractivity contribution >= 4 is 22.8 Å². The quantitative estimate of drug-likeness (QED) is 0.400. The zero-order valence-corrected chi connectivity index (χ0v) is 21.4. The Morgan fingerprint density at radius 2 is 1.77 bits per heavy atom. The maximum Gasteiger partial charge on any atom is 0.222 e. The SMILES string of the molecule is CCCCCC(=O)N1CCN(c2nc(CCC(C)C)nc3c2c(C)nn3-c2ccc(F)cc2)CC1. The third kappa shape index (κ3) is 5.80. The lowest BCUT2D eigenvalue weighted by Gasteiger charge is -2.36. The Morgan fingerprint density at radius 1 is 1.06 bits per heavy atom. The van der Waals surface area contributed by atoms with Crippen molar-refractivity contribution < 1.29 is 9.18 Å². The fraction of sp³-hybridized carbons (Fsp3) is 0.556. The number of nitrogens with zero attached hydrogens (tertiary/aromatic N) is 6. The maximum atomic E-state index is 13.6. The fourth-order valence-corrected chi connectivity index (χ4v) is 4.58. The van der Waals surface area contributed by atoms with E-state index in [4.69, 9.17) is 15.1 Å². The molecule has 0 aliphatic carbocycles. The predicted molar refractivity (Wildman–Crippen MR) is 137 cm³/mol. The van der Waals surface area contributed by atoms with Crippen molar-refractivity contribution in [3.05, 3.63) is 41.6 Å². The summed E-state index contributed by atoms with van der Waals surface area (Å²) in [7, 11) is 0. The molecule has 1 aliphatic heterocycles. The zero-order chi connectivity index (χ0) is 24.9. The molecule has 1 amide bonds. The predicted octanol–water partition coefficient (Wildman–Crippen LogP) is 5.08. The topological polar surface area (TPSA) is 67.2 Å². The van der Waals surface area contributed by atoms with E-state index >= 15 is 0 Å². The van der Waals surface area contributed by atoms with Crippen molar-refractivity contribution in [1.29, 1.82) is 0 Å². The summed E-state index contributed by atoms with van der Waals surface area (Å²) in [6, 6.07) is 6.33. The van der Waals surface area contributed by atoms with E-state index in [9.17, 15) is 9.18 Å². The minimum atomic E-state index is -0.281. The number of anilines is 1. The highest BCUT2D eigenvalue weighted by Crippen LogP contribution is 2.30. The Kier molecular flexibility index (Phi) is 7.98. The van der Waals surface area contributed by atoms with E-state index < -0.39 is 0 Å². The fourth-order valence-electron chi connectivity index (χ4n) is 4.58. The minimum absolute atomic E-state index is 0.254. The van der Waals surface area contributed by atoms with E-state index in [1.165, 1.54) is 12.1 Å². The van der Waals surface area contributed by atoms with E-state index in [-0.39, 0.29) is 11.7 Å². The van der Waals surface area contributed by atoms with Crippen LogP contribution in [0.15, 0.2) is 24.3 Å². The Bertz CT molecular complexity index is 1150. The van der Waals surface area contributed by atoms with Crippen LogP contribution in [0.3, 0.4) is 0 Å². The van der Waals surface area contributed by atoms with Crippen LogP contribution in [0, 0.1) is 18.7 Å². The van der Waals surface area contributed by atoms with Gasteiger partial charge in [0.25, 0.3) is 0 Å². The number of hydrogen-bond acceptors (Lipinski definition) is 5. The number of carbonyl (C=O) groups excluding carboxylic acids is 1. The monoisotopic (exact) mass is 480 g/mol. The molecule has 0 bridgehead atoms. The average Bonchev–Trinajstić information content (AvgIpc) is 3.19. The second kappa shape index (κ2) is 11.1. The highest BCUT2D eigenvalue weighted by Gasteiger charge is 2.26. The van der Waals surface area contributed by atoms with Crippen molar-refractivity contribution in [2.45, 2.75) is 66.2 Å². The van der Waals surface area contributed by atoms with E-state index in [1.807, 2.05) is 11.8 Å². The van der Waals surface area contributed by atoms with Crippen molar-refractivity contribution in [3.8, 4) is 5.69 Å². The van der Waals surface area contributed by atoms with Crippen LogP contribution in [0.4, 0.5) is 10.2 Å². The third-order valence-electron chi connectivity index (χ3n) is 6.67. The number of carbonyl (C=O) groups is 1. The Balaban J connectivity index is 1.65. The minimum Gasteiger partial charge on any atom is -0.352 e. The summed E-state index contributed by atoms with van der Waals surface area (Å²) in [5.41, 5.74) is 2.36. The van der Waals surface area contributed by atoms with Gasteiger partial charge in [0.15, 0.2) is 5.65 Å². The first-order valence-corrected chi connectivity index (χ1v) is 12.9. The number of unbranched alkanes of at least 4 members (excludes halogenated alkanes) is 2. The number of halogens is 1. The van der Waals surface area contributed by atoms with Gasteiger partial charge in [-0.1, -0.05) is 33.6 Å². The lowest BCUT2D eigenvalue weighted by atomic mass is 10.1. The summed E-state index contributed by atoms with van der Waals surface area (Å²) < 4.78 is 15.3. The van der Waals surface area contributed by atoms with Gasteiger partial charge in [-0.05, 0) is 49.9 Å². The van der Waals surface area contributed by atoms with Crippen LogP contribution in [0.2, 0.25) is 0 Å². The molecule has 8 heteroatoms. The van der Waals surface area contributed by atoms with E-state index in [1.54, 1.807) is 16.8 Å². The van der Waals surface area contributed by atoms with Gasteiger partial charge in [-0.25, -0.2) is 19.0 Å². The molecule has 0 unspecified atom stereocenters. The largest absolute Gasteiger partial charge is 0.352 e. The van der Waals surface area contributed by atoms with Crippen molar-refractivity contribution in [2.75, 3.05) is 31.1 Å². The molecule has 3 heterocycles. The lowest BCUT2D eigenvalue weighted by molar-refractivity contribution is -0.131. The number of piperazine rings is 1. The number of amides is 1. The van der Waals surface area contributed by atoms with Gasteiger partial charge in [-0.3, -0.25) is 4.79 Å². The molecule has 188 valence electrons. The molecule has 35 heavy (non-hydrogen) atoms. The van der Waals surface area contributed by atoms with Gasteiger partial charge in [-0.15, -0.1) is 0 Å². The maximum absolute atomic E-state index is 13.6. The van der Waals surface area contributed by atoms with E-state index in [0.717, 1.165) is 79.3 Å². The number of aromatic nitrogens is 4. The Morgan fingerprint density at radius 3 is 2.43 bits per heavy atom. The smallest absolute Gasteiger partial charge is 0.222 e. The van der Waals surface area contributed by atoms with Gasteiger partial charge in [0.05, 0.1) is 16.8 Å². The van der Waals surface area contributed by atoms with E-state index in [2.05, 4.69) is 25.7 Å². The number of fused-ring (bicyclic) bond motifs is 1. The lowest BCUT2D eigenvalue weighted by Crippen LogP contribution is -2.49. The number of rotatable bonds is 9. The first-order chi connectivity index (χ1) is 16.9. The van der Waals surface area contributed by atoms with Gasteiger partial charge < -0.3 is 9.80 Å². The highest BCUT2D eigenvalue weighted by molar-refractivity contribution is 5.91. The van der Waals surface area contributed by atoms with Crippen LogP contribution in [0.25, 0.3) is 16.7 Å². The van der Waals surface area contributed by atoms with Crippen LogP contribution in [-0.4, -0.2) is 56.7 Å². The third-order valence-corrected chi connectivity index (χ3v) is 6.67. The molecule has 0 N–H and O–H groups in total. The molecule has 1 saturated heterocycles. The molecule has 0 spiro atoms. The highest BCUT2D eigenvalue weighted by atomic mass is 19.1. The average molecular weight is 481 g/mol. The molecule has 2 aromatic heterocycles. The summed E-state index contributed by atoms with van der Waals surface area (Å²) in [6.45, 7) is 11.4. The number of aryl methyl sites for hydroxylation is 2. The molecular formula is C27H37FN6O. The van der Waals surface area contributed by atoms with E-state index in [0.29, 0.717) is 25.4 Å².